The van der Waals surface area contributed by atoms with Gasteiger partial charge in [0.2, 0.25) is 0 Å². The highest BCUT2D eigenvalue weighted by atomic mass is 16.5. The van der Waals surface area contributed by atoms with Crippen molar-refractivity contribution >= 4 is 6.47 Å². The van der Waals surface area contributed by atoms with Gasteiger partial charge in [0.25, 0.3) is 0 Å². The third-order valence-electron chi connectivity index (χ3n) is 0.809. The molecular formula is C5H5O2. The monoisotopic (exact) mass is 97.0 g/mol. The zero-order valence-electron chi connectivity index (χ0n) is 3.81. The summed E-state index contributed by atoms with van der Waals surface area (Å²) in [5.74, 6) is 0. The molecular weight excluding hydrogens is 92.1 g/mol. The predicted octanol–water partition coefficient (Wildman–Crippen LogP) is 0.400. The molecule has 2 nitrogen and oxygen atoms in total. The van der Waals surface area contributed by atoms with Gasteiger partial charge in [0.15, 0.2) is 0 Å². The second-order valence-electron chi connectivity index (χ2n) is 1.44. The lowest BCUT2D eigenvalue weighted by molar-refractivity contribution is 0.309. The van der Waals surface area contributed by atoms with Crippen LogP contribution < -0.4 is 0 Å². The maximum atomic E-state index is 9.36. The van der Waals surface area contributed by atoms with Gasteiger partial charge in [0.1, 0.15) is 6.61 Å². The Kier molecular flexibility index (Phi) is 1.11. The molecule has 0 aromatic heterocycles. The van der Waals surface area contributed by atoms with Crippen LogP contribution in [0, 0.1) is 0 Å². The minimum absolute atomic E-state index is 0.448. The molecule has 0 bridgehead atoms. The average molecular weight is 97.1 g/mol. The molecule has 7 heavy (non-hydrogen) atoms. The van der Waals surface area contributed by atoms with Gasteiger partial charge in [-0.3, -0.25) is 0 Å². The first kappa shape index (κ1) is 4.37. The van der Waals surface area contributed by atoms with E-state index in [0.29, 0.717) is 6.61 Å². The Bertz CT molecular complexity index is 105. The molecule has 0 amide bonds. The van der Waals surface area contributed by atoms with Crippen molar-refractivity contribution in [3.63, 3.8) is 0 Å². The number of allylic oxidation sites excluding steroid dienone is 1. The first-order valence-electron chi connectivity index (χ1n) is 2.10. The molecule has 0 spiro atoms. The van der Waals surface area contributed by atoms with Crippen molar-refractivity contribution in [2.24, 2.45) is 0 Å². The van der Waals surface area contributed by atoms with Crippen LogP contribution in [-0.2, 0) is 9.53 Å². The zero-order valence-corrected chi connectivity index (χ0v) is 3.81. The molecule has 2 heteroatoms. The molecule has 1 rings (SSSR count). The zero-order chi connectivity index (χ0) is 5.11. The Labute approximate surface area is 41.8 Å². The van der Waals surface area contributed by atoms with E-state index in [0.717, 1.165) is 6.42 Å². The summed E-state index contributed by atoms with van der Waals surface area (Å²) in [4.78, 5) is 9.36. The summed E-state index contributed by atoms with van der Waals surface area (Å²) in [5, 5.41) is 0. The van der Waals surface area contributed by atoms with Gasteiger partial charge in [-0.1, -0.05) is 6.08 Å². The molecule has 1 aliphatic carbocycles. The quantitative estimate of drug-likeness (QED) is 0.476. The van der Waals surface area contributed by atoms with E-state index in [1.165, 1.54) is 12.0 Å². The van der Waals surface area contributed by atoms with Gasteiger partial charge in [-0.05, 0) is 12.0 Å². The minimum atomic E-state index is 0.448. The first-order chi connectivity index (χ1) is 3.43. The molecule has 0 aliphatic heterocycles. The highest BCUT2D eigenvalue weighted by molar-refractivity contribution is 5.39. The van der Waals surface area contributed by atoms with Crippen molar-refractivity contribution in [3.8, 4) is 0 Å². The number of ether oxygens (including phenoxy) is 1. The third kappa shape index (κ3) is 1.39. The largest absolute Gasteiger partial charge is 0.453 e. The fraction of sp³-hybridized carbons (Fsp3) is 0.400. The second kappa shape index (κ2) is 1.78. The molecule has 0 fully saturated rings. The standard InChI is InChI=1S/C5H5O2/c6-4-7-3-5-1-2-5/h1H,2-3H2. The van der Waals surface area contributed by atoms with Crippen molar-refractivity contribution in [1.29, 1.82) is 0 Å². The Morgan fingerprint density at radius 2 is 2.71 bits per heavy atom. The van der Waals surface area contributed by atoms with Crippen LogP contribution in [0.4, 0.5) is 0 Å². The molecule has 1 radical (unpaired) electrons. The number of hydrogen-bond acceptors (Lipinski definition) is 2. The van der Waals surface area contributed by atoms with Gasteiger partial charge in [0.05, 0.1) is 0 Å². The van der Waals surface area contributed by atoms with Gasteiger partial charge in [-0.25, -0.2) is 4.79 Å². The smallest absolute Gasteiger partial charge is 0.417 e. The SMILES string of the molecule is O=[C]OCC1=CC1. The summed E-state index contributed by atoms with van der Waals surface area (Å²) in [5.41, 5.74) is 1.20. The van der Waals surface area contributed by atoms with E-state index in [2.05, 4.69) is 4.74 Å². The molecule has 0 aromatic rings. The predicted molar refractivity (Wildman–Crippen MR) is 24.3 cm³/mol. The van der Waals surface area contributed by atoms with E-state index in [1.54, 1.807) is 0 Å². The fourth-order valence-corrected chi connectivity index (χ4v) is 0.312. The molecule has 0 saturated heterocycles. The Morgan fingerprint density at radius 3 is 3.14 bits per heavy atom. The lowest BCUT2D eigenvalue weighted by Crippen LogP contribution is -1.86. The maximum absolute atomic E-state index is 9.36. The van der Waals surface area contributed by atoms with Crippen LogP contribution in [0.15, 0.2) is 11.6 Å². The molecule has 0 N–H and O–H groups in total. The Balaban J connectivity index is 1.99. The van der Waals surface area contributed by atoms with Gasteiger partial charge in [-0.15, -0.1) is 0 Å². The molecule has 0 heterocycles. The van der Waals surface area contributed by atoms with Crippen LogP contribution in [-0.4, -0.2) is 13.1 Å². The summed E-state index contributed by atoms with van der Waals surface area (Å²) in [6, 6.07) is 0. The van der Waals surface area contributed by atoms with Crippen molar-refractivity contribution in [2.45, 2.75) is 6.42 Å². The van der Waals surface area contributed by atoms with Crippen molar-refractivity contribution < 1.29 is 9.53 Å². The van der Waals surface area contributed by atoms with Gasteiger partial charge < -0.3 is 4.74 Å². The number of rotatable bonds is 3. The number of carbonyl (C=O) groups excluding carboxylic acids is 1. The summed E-state index contributed by atoms with van der Waals surface area (Å²) < 4.78 is 4.28. The van der Waals surface area contributed by atoms with Crippen LogP contribution in [0.2, 0.25) is 0 Å². The van der Waals surface area contributed by atoms with Crippen LogP contribution in [0.3, 0.4) is 0 Å². The van der Waals surface area contributed by atoms with Crippen LogP contribution in [0.5, 0.6) is 0 Å². The van der Waals surface area contributed by atoms with Crippen LogP contribution in [0.25, 0.3) is 0 Å². The molecule has 0 unspecified atom stereocenters. The molecule has 0 saturated carbocycles. The Morgan fingerprint density at radius 1 is 2.00 bits per heavy atom. The summed E-state index contributed by atoms with van der Waals surface area (Å²) in [6.07, 6.45) is 3.03. The highest BCUT2D eigenvalue weighted by Crippen LogP contribution is 2.16. The molecule has 1 aliphatic rings. The van der Waals surface area contributed by atoms with Crippen molar-refractivity contribution in [3.05, 3.63) is 11.6 Å². The van der Waals surface area contributed by atoms with E-state index in [-0.39, 0.29) is 0 Å². The van der Waals surface area contributed by atoms with E-state index in [1.807, 2.05) is 6.08 Å². The normalized spacial score (nSPS) is 15.1. The molecule has 0 aromatic carbocycles. The van der Waals surface area contributed by atoms with Crippen LogP contribution in [0.1, 0.15) is 6.42 Å². The van der Waals surface area contributed by atoms with E-state index >= 15 is 0 Å². The lowest BCUT2D eigenvalue weighted by Gasteiger charge is -1.84. The van der Waals surface area contributed by atoms with Gasteiger partial charge in [-0.2, -0.15) is 0 Å². The average Bonchev–Trinajstić information content (AvgIpc) is 2.42. The molecule has 0 atom stereocenters. The fourth-order valence-electron chi connectivity index (χ4n) is 0.312. The summed E-state index contributed by atoms with van der Waals surface area (Å²) >= 11 is 0. The van der Waals surface area contributed by atoms with Crippen molar-refractivity contribution in [2.75, 3.05) is 6.61 Å². The summed E-state index contributed by atoms with van der Waals surface area (Å²) in [7, 11) is 0. The first-order valence-corrected chi connectivity index (χ1v) is 2.10. The maximum Gasteiger partial charge on any atom is 0.417 e. The van der Waals surface area contributed by atoms with Gasteiger partial charge >= 0.3 is 6.47 Å². The van der Waals surface area contributed by atoms with E-state index in [4.69, 9.17) is 0 Å². The Hall–Kier alpha value is -0.790. The highest BCUT2D eigenvalue weighted by Gasteiger charge is 2.05. The van der Waals surface area contributed by atoms with Crippen molar-refractivity contribution in [1.82, 2.24) is 0 Å². The number of hydrogen-bond donors (Lipinski definition) is 0. The van der Waals surface area contributed by atoms with E-state index in [9.17, 15) is 4.79 Å². The second-order valence-corrected chi connectivity index (χ2v) is 1.44. The minimum Gasteiger partial charge on any atom is -0.453 e. The molecule has 37 valence electrons. The topological polar surface area (TPSA) is 26.3 Å². The lowest BCUT2D eigenvalue weighted by atomic mass is 10.5. The summed E-state index contributed by atoms with van der Waals surface area (Å²) in [6.45, 7) is 1.80. The van der Waals surface area contributed by atoms with E-state index < -0.39 is 0 Å². The van der Waals surface area contributed by atoms with Crippen LogP contribution >= 0.6 is 0 Å². The van der Waals surface area contributed by atoms with Gasteiger partial charge in [0, 0.05) is 0 Å². The third-order valence-corrected chi connectivity index (χ3v) is 0.809.